The number of hydrogen-bond acceptors (Lipinski definition) is 3. The quantitative estimate of drug-likeness (QED) is 0.661. The van der Waals surface area contributed by atoms with Crippen molar-refractivity contribution in [2.24, 2.45) is 0 Å². The van der Waals surface area contributed by atoms with Crippen molar-refractivity contribution in [2.45, 2.75) is 13.8 Å². The molecule has 3 rings (SSSR count). The average molecular weight is 308 g/mol. The van der Waals surface area contributed by atoms with Gasteiger partial charge < -0.3 is 5.11 Å². The standard InChI is InChI=1S/C18H16N2O3/c1-11-7-8-14(9-12(11)2)20-18(23)15(17(22)19-20)10-13-5-3-4-6-16(13)21/h3-10,21H,1-2H3,(H,19,22)/b15-10-. The van der Waals surface area contributed by atoms with Gasteiger partial charge in [0.1, 0.15) is 11.3 Å². The number of rotatable bonds is 2. The van der Waals surface area contributed by atoms with Crippen LogP contribution < -0.4 is 10.4 Å². The summed E-state index contributed by atoms with van der Waals surface area (Å²) < 4.78 is 0. The first-order valence-electron chi connectivity index (χ1n) is 7.20. The van der Waals surface area contributed by atoms with Crippen molar-refractivity contribution in [2.75, 3.05) is 5.01 Å². The molecule has 0 saturated carbocycles. The third kappa shape index (κ3) is 2.68. The molecule has 1 heterocycles. The number of aryl methyl sites for hydroxylation is 2. The van der Waals surface area contributed by atoms with E-state index in [-0.39, 0.29) is 11.3 Å². The first-order valence-corrected chi connectivity index (χ1v) is 7.20. The van der Waals surface area contributed by atoms with E-state index in [1.54, 1.807) is 24.3 Å². The van der Waals surface area contributed by atoms with E-state index in [0.29, 0.717) is 11.3 Å². The second kappa shape index (κ2) is 5.61. The minimum atomic E-state index is -0.489. The highest BCUT2D eigenvalue weighted by Crippen LogP contribution is 2.25. The van der Waals surface area contributed by atoms with E-state index < -0.39 is 11.8 Å². The van der Waals surface area contributed by atoms with Crippen LogP contribution in [-0.2, 0) is 9.59 Å². The van der Waals surface area contributed by atoms with Gasteiger partial charge in [-0.2, -0.15) is 0 Å². The smallest absolute Gasteiger partial charge is 0.282 e. The van der Waals surface area contributed by atoms with Crippen molar-refractivity contribution >= 4 is 23.6 Å². The fraction of sp³-hybridized carbons (Fsp3) is 0.111. The van der Waals surface area contributed by atoms with Gasteiger partial charge in [-0.3, -0.25) is 15.0 Å². The molecule has 1 fully saturated rings. The minimum absolute atomic E-state index is 0.00951. The number of carbonyl (C=O) groups is 2. The number of hydrazine groups is 1. The van der Waals surface area contributed by atoms with Crippen LogP contribution in [0, 0.1) is 13.8 Å². The molecule has 116 valence electrons. The first kappa shape index (κ1) is 14.8. The number of para-hydroxylation sites is 1. The minimum Gasteiger partial charge on any atom is -0.507 e. The maximum Gasteiger partial charge on any atom is 0.282 e. The fourth-order valence-electron chi connectivity index (χ4n) is 2.37. The monoisotopic (exact) mass is 308 g/mol. The molecule has 0 radical (unpaired) electrons. The fourth-order valence-corrected chi connectivity index (χ4v) is 2.37. The number of nitrogens with one attached hydrogen (secondary N) is 1. The molecule has 2 aromatic carbocycles. The van der Waals surface area contributed by atoms with Crippen LogP contribution in [0.2, 0.25) is 0 Å². The molecule has 2 N–H and O–H groups in total. The third-order valence-electron chi connectivity index (χ3n) is 3.88. The summed E-state index contributed by atoms with van der Waals surface area (Å²) in [6.45, 7) is 3.92. The molecule has 1 saturated heterocycles. The Balaban J connectivity index is 1.97. The normalized spacial score (nSPS) is 16.1. The van der Waals surface area contributed by atoms with Crippen molar-refractivity contribution in [3.8, 4) is 5.75 Å². The zero-order valence-corrected chi connectivity index (χ0v) is 12.8. The van der Waals surface area contributed by atoms with Gasteiger partial charge in [0.15, 0.2) is 0 Å². The van der Waals surface area contributed by atoms with E-state index in [0.717, 1.165) is 11.1 Å². The van der Waals surface area contributed by atoms with E-state index in [1.165, 1.54) is 17.2 Å². The van der Waals surface area contributed by atoms with Crippen molar-refractivity contribution in [3.63, 3.8) is 0 Å². The number of nitrogens with zero attached hydrogens (tertiary/aromatic N) is 1. The molecular weight excluding hydrogens is 292 g/mol. The molecule has 0 aliphatic carbocycles. The van der Waals surface area contributed by atoms with Crippen LogP contribution in [0.3, 0.4) is 0 Å². The van der Waals surface area contributed by atoms with Crippen LogP contribution in [0.5, 0.6) is 5.75 Å². The maximum absolute atomic E-state index is 12.5. The second-order valence-corrected chi connectivity index (χ2v) is 5.47. The van der Waals surface area contributed by atoms with E-state index >= 15 is 0 Å². The first-order chi connectivity index (χ1) is 11.0. The molecule has 5 heteroatoms. The highest BCUT2D eigenvalue weighted by molar-refractivity contribution is 6.31. The maximum atomic E-state index is 12.5. The van der Waals surface area contributed by atoms with Gasteiger partial charge in [0.25, 0.3) is 11.8 Å². The van der Waals surface area contributed by atoms with Crippen LogP contribution in [0.1, 0.15) is 16.7 Å². The van der Waals surface area contributed by atoms with Crippen molar-refractivity contribution < 1.29 is 14.7 Å². The van der Waals surface area contributed by atoms with Gasteiger partial charge in [-0.25, -0.2) is 5.01 Å². The summed E-state index contributed by atoms with van der Waals surface area (Å²) in [5.41, 5.74) is 5.71. The molecule has 2 aromatic rings. The SMILES string of the molecule is Cc1ccc(N2NC(=O)/C(=C/c3ccccc3O)C2=O)cc1C. The van der Waals surface area contributed by atoms with Crippen LogP contribution in [0.4, 0.5) is 5.69 Å². The molecule has 0 spiro atoms. The number of amides is 2. The third-order valence-corrected chi connectivity index (χ3v) is 3.88. The molecular formula is C18H16N2O3. The van der Waals surface area contributed by atoms with Gasteiger partial charge >= 0.3 is 0 Å². The Hall–Kier alpha value is -3.08. The number of aromatic hydroxyl groups is 1. The van der Waals surface area contributed by atoms with E-state index in [2.05, 4.69) is 5.43 Å². The Morgan fingerprint density at radius 1 is 1.04 bits per heavy atom. The molecule has 1 aliphatic heterocycles. The average Bonchev–Trinajstić information content (AvgIpc) is 2.80. The van der Waals surface area contributed by atoms with Crippen LogP contribution in [0.25, 0.3) is 6.08 Å². The number of hydrogen-bond donors (Lipinski definition) is 2. The van der Waals surface area contributed by atoms with E-state index in [4.69, 9.17) is 0 Å². The molecule has 0 bridgehead atoms. The summed E-state index contributed by atoms with van der Waals surface area (Å²) in [4.78, 5) is 24.6. The number of anilines is 1. The van der Waals surface area contributed by atoms with Gasteiger partial charge in [-0.1, -0.05) is 24.3 Å². The molecule has 2 amide bonds. The van der Waals surface area contributed by atoms with Crippen molar-refractivity contribution in [1.82, 2.24) is 5.43 Å². The molecule has 1 aliphatic rings. The van der Waals surface area contributed by atoms with E-state index in [9.17, 15) is 14.7 Å². The van der Waals surface area contributed by atoms with Crippen molar-refractivity contribution in [1.29, 1.82) is 0 Å². The van der Waals surface area contributed by atoms with Gasteiger partial charge in [0.05, 0.1) is 5.69 Å². The summed E-state index contributed by atoms with van der Waals surface area (Å²) in [6.07, 6.45) is 1.40. The van der Waals surface area contributed by atoms with Crippen LogP contribution in [0.15, 0.2) is 48.0 Å². The molecule has 23 heavy (non-hydrogen) atoms. The van der Waals surface area contributed by atoms with Crippen LogP contribution >= 0.6 is 0 Å². The van der Waals surface area contributed by atoms with Gasteiger partial charge in [0.2, 0.25) is 0 Å². The zero-order valence-electron chi connectivity index (χ0n) is 12.8. The highest BCUT2D eigenvalue weighted by atomic mass is 16.3. The number of phenolic OH excluding ortho intramolecular Hbond substituents is 1. The number of carbonyl (C=O) groups excluding carboxylic acids is 2. The predicted octanol–water partition coefficient (Wildman–Crippen LogP) is 2.47. The Labute approximate surface area is 133 Å². The topological polar surface area (TPSA) is 69.6 Å². The highest BCUT2D eigenvalue weighted by Gasteiger charge is 2.34. The summed E-state index contributed by atoms with van der Waals surface area (Å²) >= 11 is 0. The molecule has 5 nitrogen and oxygen atoms in total. The lowest BCUT2D eigenvalue weighted by molar-refractivity contribution is -0.117. The summed E-state index contributed by atoms with van der Waals surface area (Å²) in [7, 11) is 0. The molecule has 0 unspecified atom stereocenters. The van der Waals surface area contributed by atoms with E-state index in [1.807, 2.05) is 26.0 Å². The van der Waals surface area contributed by atoms with Crippen LogP contribution in [-0.4, -0.2) is 16.9 Å². The number of benzene rings is 2. The summed E-state index contributed by atoms with van der Waals surface area (Å²) in [5.74, 6) is -0.914. The Morgan fingerprint density at radius 3 is 2.48 bits per heavy atom. The van der Waals surface area contributed by atoms with Gasteiger partial charge in [0, 0.05) is 5.56 Å². The largest absolute Gasteiger partial charge is 0.507 e. The summed E-state index contributed by atoms with van der Waals surface area (Å²) in [6, 6.07) is 12.1. The molecule has 0 atom stereocenters. The Bertz CT molecular complexity index is 840. The Morgan fingerprint density at radius 2 is 1.78 bits per heavy atom. The summed E-state index contributed by atoms with van der Waals surface area (Å²) in [5, 5.41) is 11.0. The number of phenols is 1. The second-order valence-electron chi connectivity index (χ2n) is 5.47. The van der Waals surface area contributed by atoms with Gasteiger partial charge in [-0.15, -0.1) is 0 Å². The van der Waals surface area contributed by atoms with Gasteiger partial charge in [-0.05, 0) is 49.2 Å². The molecule has 0 aromatic heterocycles. The Kier molecular flexibility index (Phi) is 3.62. The zero-order chi connectivity index (χ0) is 16.6. The lowest BCUT2D eigenvalue weighted by Crippen LogP contribution is -2.35. The predicted molar refractivity (Wildman–Crippen MR) is 87.6 cm³/mol. The lowest BCUT2D eigenvalue weighted by atomic mass is 10.1. The lowest BCUT2D eigenvalue weighted by Gasteiger charge is -2.15. The van der Waals surface area contributed by atoms with Crippen molar-refractivity contribution in [3.05, 3.63) is 64.7 Å².